The molecular weight excluding hydrogens is 169 g/mol. The summed E-state index contributed by atoms with van der Waals surface area (Å²) in [6.45, 7) is 1.49. The summed E-state index contributed by atoms with van der Waals surface area (Å²) >= 11 is 0. The normalized spacial score (nSPS) is 16.4. The number of pyridine rings is 1. The molecule has 0 amide bonds. The largest absolute Gasteiger partial charge is 0.381 e. The maximum absolute atomic E-state index is 13.4. The summed E-state index contributed by atoms with van der Waals surface area (Å²) < 4.78 is 13.4. The summed E-state index contributed by atoms with van der Waals surface area (Å²) in [5.74, 6) is -0.352. The minimum absolute atomic E-state index is 0.00227. The van der Waals surface area contributed by atoms with Crippen LogP contribution in [0.15, 0.2) is 6.20 Å². The number of aromatic nitrogens is 1. The van der Waals surface area contributed by atoms with E-state index >= 15 is 0 Å². The standard InChI is InChI=1S/C9H12FN3/c10-8-7-5-12-3-1-2-6(7)4-13-9(8)11/h4,12H,1-3,5H2,(H2,11,13). The van der Waals surface area contributed by atoms with Gasteiger partial charge in [-0.05, 0) is 24.9 Å². The minimum atomic E-state index is -0.355. The number of nitrogens with one attached hydrogen (secondary N) is 1. The molecule has 0 saturated heterocycles. The van der Waals surface area contributed by atoms with Gasteiger partial charge in [0.15, 0.2) is 11.6 Å². The van der Waals surface area contributed by atoms with Crippen LogP contribution in [0, 0.1) is 5.82 Å². The van der Waals surface area contributed by atoms with E-state index in [9.17, 15) is 4.39 Å². The van der Waals surface area contributed by atoms with E-state index in [2.05, 4.69) is 10.3 Å². The number of hydrogen-bond donors (Lipinski definition) is 2. The Morgan fingerprint density at radius 2 is 2.38 bits per heavy atom. The van der Waals surface area contributed by atoms with Gasteiger partial charge in [0.25, 0.3) is 0 Å². The van der Waals surface area contributed by atoms with Crippen molar-refractivity contribution >= 4 is 5.82 Å². The van der Waals surface area contributed by atoms with Crippen molar-refractivity contribution in [2.75, 3.05) is 12.3 Å². The van der Waals surface area contributed by atoms with Crippen LogP contribution in [0.5, 0.6) is 0 Å². The molecule has 0 unspecified atom stereocenters. The van der Waals surface area contributed by atoms with Crippen molar-refractivity contribution in [1.29, 1.82) is 0 Å². The van der Waals surface area contributed by atoms with Crippen LogP contribution in [0.2, 0.25) is 0 Å². The molecule has 0 aliphatic carbocycles. The Kier molecular flexibility index (Phi) is 2.14. The van der Waals surface area contributed by atoms with Gasteiger partial charge < -0.3 is 11.1 Å². The average molecular weight is 181 g/mol. The quantitative estimate of drug-likeness (QED) is 0.623. The molecule has 0 saturated carbocycles. The highest BCUT2D eigenvalue weighted by atomic mass is 19.1. The first-order valence-electron chi connectivity index (χ1n) is 4.41. The lowest BCUT2D eigenvalue weighted by molar-refractivity contribution is 0.593. The predicted octanol–water partition coefficient (Wildman–Crippen LogP) is 0.839. The van der Waals surface area contributed by atoms with Crippen molar-refractivity contribution < 1.29 is 4.39 Å². The van der Waals surface area contributed by atoms with Crippen molar-refractivity contribution in [1.82, 2.24) is 10.3 Å². The summed E-state index contributed by atoms with van der Waals surface area (Å²) in [7, 11) is 0. The van der Waals surface area contributed by atoms with Crippen LogP contribution in [0.4, 0.5) is 10.2 Å². The fourth-order valence-electron chi connectivity index (χ4n) is 1.60. The highest BCUT2D eigenvalue weighted by Crippen LogP contribution is 2.19. The average Bonchev–Trinajstić information content (AvgIpc) is 2.36. The van der Waals surface area contributed by atoms with Crippen LogP contribution in [0.1, 0.15) is 17.5 Å². The van der Waals surface area contributed by atoms with Gasteiger partial charge >= 0.3 is 0 Å². The molecule has 0 bridgehead atoms. The molecular formula is C9H12FN3. The Hall–Kier alpha value is -1.16. The van der Waals surface area contributed by atoms with Crippen molar-refractivity contribution in [3.8, 4) is 0 Å². The SMILES string of the molecule is Nc1ncc2c(c1F)CNCCC2. The molecule has 1 aliphatic rings. The Bertz CT molecular complexity index is 325. The molecule has 2 rings (SSSR count). The molecule has 0 radical (unpaired) electrons. The topological polar surface area (TPSA) is 50.9 Å². The molecule has 3 nitrogen and oxygen atoms in total. The third-order valence-corrected chi connectivity index (χ3v) is 2.34. The van der Waals surface area contributed by atoms with Gasteiger partial charge in [0.1, 0.15) is 0 Å². The van der Waals surface area contributed by atoms with Crippen molar-refractivity contribution in [2.45, 2.75) is 19.4 Å². The molecule has 0 atom stereocenters. The van der Waals surface area contributed by atoms with E-state index in [1.165, 1.54) is 0 Å². The van der Waals surface area contributed by atoms with Gasteiger partial charge in [-0.1, -0.05) is 0 Å². The summed E-state index contributed by atoms with van der Waals surface area (Å²) in [5.41, 5.74) is 7.05. The van der Waals surface area contributed by atoms with Gasteiger partial charge in [-0.3, -0.25) is 0 Å². The second-order valence-corrected chi connectivity index (χ2v) is 3.24. The number of anilines is 1. The maximum atomic E-state index is 13.4. The highest BCUT2D eigenvalue weighted by molar-refractivity contribution is 5.39. The molecule has 0 spiro atoms. The number of nitrogens with zero attached hydrogens (tertiary/aromatic N) is 1. The fourth-order valence-corrected chi connectivity index (χ4v) is 1.60. The number of halogens is 1. The minimum Gasteiger partial charge on any atom is -0.381 e. The van der Waals surface area contributed by atoms with Crippen LogP contribution in [-0.4, -0.2) is 11.5 Å². The molecule has 1 aromatic rings. The smallest absolute Gasteiger partial charge is 0.169 e. The van der Waals surface area contributed by atoms with Crippen LogP contribution < -0.4 is 11.1 Å². The summed E-state index contributed by atoms with van der Waals surface area (Å²) in [6, 6.07) is 0. The molecule has 70 valence electrons. The molecule has 1 aromatic heterocycles. The lowest BCUT2D eigenvalue weighted by atomic mass is 10.1. The zero-order valence-electron chi connectivity index (χ0n) is 7.31. The van der Waals surface area contributed by atoms with Gasteiger partial charge in [0.05, 0.1) is 0 Å². The van der Waals surface area contributed by atoms with Crippen LogP contribution in [0.25, 0.3) is 0 Å². The number of aryl methyl sites for hydroxylation is 1. The Morgan fingerprint density at radius 1 is 1.54 bits per heavy atom. The molecule has 13 heavy (non-hydrogen) atoms. The zero-order valence-corrected chi connectivity index (χ0v) is 7.31. The summed E-state index contributed by atoms with van der Waals surface area (Å²) in [5, 5.41) is 3.15. The third kappa shape index (κ3) is 1.49. The predicted molar refractivity (Wildman–Crippen MR) is 48.6 cm³/mol. The van der Waals surface area contributed by atoms with Crippen molar-refractivity contribution in [2.24, 2.45) is 0 Å². The highest BCUT2D eigenvalue weighted by Gasteiger charge is 2.14. The third-order valence-electron chi connectivity index (χ3n) is 2.34. The van der Waals surface area contributed by atoms with Crippen LogP contribution >= 0.6 is 0 Å². The number of fused-ring (bicyclic) bond motifs is 1. The number of nitrogens with two attached hydrogens (primary N) is 1. The van der Waals surface area contributed by atoms with Gasteiger partial charge in [-0.25, -0.2) is 9.37 Å². The van der Waals surface area contributed by atoms with E-state index in [1.807, 2.05) is 0 Å². The first-order valence-corrected chi connectivity index (χ1v) is 4.41. The van der Waals surface area contributed by atoms with Crippen molar-refractivity contribution in [3.05, 3.63) is 23.1 Å². The number of hydrogen-bond acceptors (Lipinski definition) is 3. The van der Waals surface area contributed by atoms with Crippen LogP contribution in [0.3, 0.4) is 0 Å². The van der Waals surface area contributed by atoms with E-state index in [4.69, 9.17) is 5.73 Å². The Labute approximate surface area is 76.2 Å². The van der Waals surface area contributed by atoms with E-state index in [1.54, 1.807) is 6.20 Å². The second kappa shape index (κ2) is 3.30. The van der Waals surface area contributed by atoms with Gasteiger partial charge in [0, 0.05) is 18.3 Å². The molecule has 1 aliphatic heterocycles. The molecule has 3 N–H and O–H groups in total. The van der Waals surface area contributed by atoms with Gasteiger partial charge in [0.2, 0.25) is 0 Å². The molecule has 0 aromatic carbocycles. The van der Waals surface area contributed by atoms with Crippen LogP contribution in [-0.2, 0) is 13.0 Å². The summed E-state index contributed by atoms with van der Waals surface area (Å²) in [6.07, 6.45) is 3.59. The zero-order chi connectivity index (χ0) is 9.26. The van der Waals surface area contributed by atoms with E-state index < -0.39 is 0 Å². The molecule has 2 heterocycles. The van der Waals surface area contributed by atoms with E-state index in [-0.39, 0.29) is 11.6 Å². The Morgan fingerprint density at radius 3 is 3.23 bits per heavy atom. The lowest BCUT2D eigenvalue weighted by Crippen LogP contribution is -2.14. The fraction of sp³-hybridized carbons (Fsp3) is 0.444. The Balaban J connectivity index is 2.48. The first-order chi connectivity index (χ1) is 6.29. The van der Waals surface area contributed by atoms with Gasteiger partial charge in [-0.2, -0.15) is 0 Å². The first kappa shape index (κ1) is 8.44. The number of rotatable bonds is 0. The number of nitrogen functional groups attached to an aromatic ring is 1. The van der Waals surface area contributed by atoms with E-state index in [0.717, 1.165) is 24.9 Å². The van der Waals surface area contributed by atoms with Gasteiger partial charge in [-0.15, -0.1) is 0 Å². The van der Waals surface area contributed by atoms with Crippen molar-refractivity contribution in [3.63, 3.8) is 0 Å². The van der Waals surface area contributed by atoms with E-state index in [0.29, 0.717) is 12.1 Å². The molecule has 4 heteroatoms. The maximum Gasteiger partial charge on any atom is 0.169 e. The second-order valence-electron chi connectivity index (χ2n) is 3.24. The monoisotopic (exact) mass is 181 g/mol. The lowest BCUT2D eigenvalue weighted by Gasteiger charge is -2.07. The summed E-state index contributed by atoms with van der Waals surface area (Å²) in [4.78, 5) is 3.81. The molecule has 0 fully saturated rings.